The third-order valence-corrected chi connectivity index (χ3v) is 3.46. The molecule has 0 bridgehead atoms. The molecule has 1 amide bonds. The van der Waals surface area contributed by atoms with Gasteiger partial charge < -0.3 is 16.0 Å². The minimum absolute atomic E-state index is 0.0484. The van der Waals surface area contributed by atoms with Gasteiger partial charge in [-0.15, -0.1) is 0 Å². The monoisotopic (exact) mass is 325 g/mol. The molecule has 0 aliphatic rings. The minimum Gasteiger partial charge on any atom is -0.368 e. The molecule has 3 aromatic rings. The number of rotatable bonds is 6. The van der Waals surface area contributed by atoms with Crippen LogP contribution in [-0.2, 0) is 4.79 Å². The SMILES string of the molecule is CC(=O)NCCNc1nc(Nc2ccc3cn[nH]c3c2)ncc1C. The molecule has 0 unspecified atom stereocenters. The van der Waals surface area contributed by atoms with E-state index in [1.54, 1.807) is 12.4 Å². The van der Waals surface area contributed by atoms with Crippen LogP contribution < -0.4 is 16.0 Å². The summed E-state index contributed by atoms with van der Waals surface area (Å²) in [6.45, 7) is 4.56. The Labute approximate surface area is 139 Å². The highest BCUT2D eigenvalue weighted by Crippen LogP contribution is 2.20. The second-order valence-electron chi connectivity index (χ2n) is 5.43. The van der Waals surface area contributed by atoms with Gasteiger partial charge in [0, 0.05) is 42.8 Å². The van der Waals surface area contributed by atoms with Crippen LogP contribution in [0.5, 0.6) is 0 Å². The van der Waals surface area contributed by atoms with Gasteiger partial charge in [-0.1, -0.05) is 0 Å². The van der Waals surface area contributed by atoms with E-state index >= 15 is 0 Å². The molecule has 0 saturated carbocycles. The summed E-state index contributed by atoms with van der Waals surface area (Å²) in [5.41, 5.74) is 2.76. The number of aromatic amines is 1. The lowest BCUT2D eigenvalue weighted by Gasteiger charge is -2.11. The summed E-state index contributed by atoms with van der Waals surface area (Å²) < 4.78 is 0. The Bertz CT molecular complexity index is 859. The van der Waals surface area contributed by atoms with Gasteiger partial charge in [0.25, 0.3) is 0 Å². The first-order chi connectivity index (χ1) is 11.6. The molecule has 1 aromatic carbocycles. The van der Waals surface area contributed by atoms with E-state index in [2.05, 4.69) is 36.1 Å². The van der Waals surface area contributed by atoms with Crippen molar-refractivity contribution in [1.29, 1.82) is 0 Å². The van der Waals surface area contributed by atoms with Gasteiger partial charge in [-0.25, -0.2) is 4.98 Å². The molecule has 4 N–H and O–H groups in total. The predicted molar refractivity (Wildman–Crippen MR) is 93.3 cm³/mol. The molecule has 8 nitrogen and oxygen atoms in total. The molecule has 0 saturated heterocycles. The van der Waals surface area contributed by atoms with Crippen molar-refractivity contribution in [2.24, 2.45) is 0 Å². The van der Waals surface area contributed by atoms with Gasteiger partial charge in [-0.2, -0.15) is 10.1 Å². The number of aromatic nitrogens is 4. The van der Waals surface area contributed by atoms with Crippen LogP contribution in [0.1, 0.15) is 12.5 Å². The predicted octanol–water partition coefficient (Wildman–Crippen LogP) is 1.95. The highest BCUT2D eigenvalue weighted by atomic mass is 16.1. The van der Waals surface area contributed by atoms with Crippen LogP contribution in [0.15, 0.2) is 30.6 Å². The molecule has 0 radical (unpaired) electrons. The molecular formula is C16H19N7O. The van der Waals surface area contributed by atoms with E-state index in [9.17, 15) is 4.79 Å². The summed E-state index contributed by atoms with van der Waals surface area (Å²) in [4.78, 5) is 19.7. The van der Waals surface area contributed by atoms with Crippen molar-refractivity contribution < 1.29 is 4.79 Å². The number of carbonyl (C=O) groups is 1. The lowest BCUT2D eigenvalue weighted by atomic mass is 10.2. The average molecular weight is 325 g/mol. The highest BCUT2D eigenvalue weighted by Gasteiger charge is 2.05. The molecule has 0 fully saturated rings. The van der Waals surface area contributed by atoms with Crippen molar-refractivity contribution in [2.75, 3.05) is 23.7 Å². The molecule has 124 valence electrons. The second-order valence-corrected chi connectivity index (χ2v) is 5.43. The van der Waals surface area contributed by atoms with E-state index in [1.807, 2.05) is 25.1 Å². The van der Waals surface area contributed by atoms with Gasteiger partial charge in [0.2, 0.25) is 11.9 Å². The molecule has 0 atom stereocenters. The number of anilines is 3. The van der Waals surface area contributed by atoms with Crippen LogP contribution in [0.2, 0.25) is 0 Å². The zero-order chi connectivity index (χ0) is 16.9. The molecular weight excluding hydrogens is 306 g/mol. The largest absolute Gasteiger partial charge is 0.368 e. The Morgan fingerprint density at radius 3 is 2.96 bits per heavy atom. The topological polar surface area (TPSA) is 108 Å². The maximum absolute atomic E-state index is 10.9. The van der Waals surface area contributed by atoms with E-state index in [1.165, 1.54) is 6.92 Å². The Balaban J connectivity index is 1.69. The van der Waals surface area contributed by atoms with Crippen LogP contribution in [0.4, 0.5) is 17.5 Å². The van der Waals surface area contributed by atoms with E-state index < -0.39 is 0 Å². The summed E-state index contributed by atoms with van der Waals surface area (Å²) in [5, 5.41) is 17.1. The summed E-state index contributed by atoms with van der Waals surface area (Å²) >= 11 is 0. The average Bonchev–Trinajstić information content (AvgIpc) is 3.02. The van der Waals surface area contributed by atoms with Gasteiger partial charge in [0.1, 0.15) is 5.82 Å². The van der Waals surface area contributed by atoms with Gasteiger partial charge in [0.05, 0.1) is 11.7 Å². The van der Waals surface area contributed by atoms with E-state index in [0.29, 0.717) is 19.0 Å². The third kappa shape index (κ3) is 3.78. The maximum atomic E-state index is 10.9. The van der Waals surface area contributed by atoms with Crippen LogP contribution >= 0.6 is 0 Å². The van der Waals surface area contributed by atoms with Crippen LogP contribution in [0.25, 0.3) is 10.9 Å². The fraction of sp³-hybridized carbons (Fsp3) is 0.250. The zero-order valence-corrected chi connectivity index (χ0v) is 13.6. The molecule has 0 aliphatic carbocycles. The molecule has 0 spiro atoms. The van der Waals surface area contributed by atoms with Crippen molar-refractivity contribution in [3.63, 3.8) is 0 Å². The molecule has 8 heteroatoms. The number of nitrogens with one attached hydrogen (secondary N) is 4. The number of hydrogen-bond donors (Lipinski definition) is 4. The number of hydrogen-bond acceptors (Lipinski definition) is 6. The summed E-state index contributed by atoms with van der Waals surface area (Å²) in [6, 6.07) is 5.88. The summed E-state index contributed by atoms with van der Waals surface area (Å²) in [6.07, 6.45) is 3.53. The van der Waals surface area contributed by atoms with Crippen molar-refractivity contribution in [2.45, 2.75) is 13.8 Å². The van der Waals surface area contributed by atoms with E-state index in [0.717, 1.165) is 28.0 Å². The van der Waals surface area contributed by atoms with E-state index in [4.69, 9.17) is 0 Å². The number of nitrogens with zero attached hydrogens (tertiary/aromatic N) is 3. The molecule has 2 heterocycles. The number of H-pyrrole nitrogens is 1. The Morgan fingerprint density at radius 1 is 1.25 bits per heavy atom. The van der Waals surface area contributed by atoms with Crippen molar-refractivity contribution in [3.8, 4) is 0 Å². The first kappa shape index (κ1) is 15.7. The van der Waals surface area contributed by atoms with Gasteiger partial charge >= 0.3 is 0 Å². The van der Waals surface area contributed by atoms with Crippen molar-refractivity contribution >= 4 is 34.3 Å². The van der Waals surface area contributed by atoms with Crippen molar-refractivity contribution in [1.82, 2.24) is 25.5 Å². The fourth-order valence-electron chi connectivity index (χ4n) is 2.24. The van der Waals surface area contributed by atoms with Gasteiger partial charge in [-0.05, 0) is 25.1 Å². The standard InChI is InChI=1S/C16H19N7O/c1-10-8-19-16(22-15(10)18-6-5-17-11(2)24)21-13-4-3-12-9-20-23-14(12)7-13/h3-4,7-9H,5-6H2,1-2H3,(H,17,24)(H,20,23)(H2,18,19,21,22). The van der Waals surface area contributed by atoms with Crippen LogP contribution in [0, 0.1) is 6.92 Å². The van der Waals surface area contributed by atoms with Crippen LogP contribution in [-0.4, -0.2) is 39.2 Å². The first-order valence-corrected chi connectivity index (χ1v) is 7.64. The highest BCUT2D eigenvalue weighted by molar-refractivity contribution is 5.82. The number of fused-ring (bicyclic) bond motifs is 1. The first-order valence-electron chi connectivity index (χ1n) is 7.64. The minimum atomic E-state index is -0.0484. The fourth-order valence-corrected chi connectivity index (χ4v) is 2.24. The summed E-state index contributed by atoms with van der Waals surface area (Å²) in [5.74, 6) is 1.19. The van der Waals surface area contributed by atoms with Gasteiger partial charge in [-0.3, -0.25) is 9.89 Å². The Kier molecular flexibility index (Phi) is 4.55. The zero-order valence-electron chi connectivity index (χ0n) is 13.6. The molecule has 24 heavy (non-hydrogen) atoms. The van der Waals surface area contributed by atoms with Crippen LogP contribution in [0.3, 0.4) is 0 Å². The lowest BCUT2D eigenvalue weighted by Crippen LogP contribution is -2.26. The molecule has 0 aliphatic heterocycles. The molecule has 2 aromatic heterocycles. The Hall–Kier alpha value is -3.16. The van der Waals surface area contributed by atoms with Crippen molar-refractivity contribution in [3.05, 3.63) is 36.2 Å². The second kappa shape index (κ2) is 6.95. The summed E-state index contributed by atoms with van der Waals surface area (Å²) in [7, 11) is 0. The third-order valence-electron chi connectivity index (χ3n) is 3.46. The van der Waals surface area contributed by atoms with E-state index in [-0.39, 0.29) is 5.91 Å². The maximum Gasteiger partial charge on any atom is 0.229 e. The number of benzene rings is 1. The normalized spacial score (nSPS) is 10.6. The van der Waals surface area contributed by atoms with Gasteiger partial charge in [0.15, 0.2) is 0 Å². The number of amides is 1. The Morgan fingerprint density at radius 2 is 2.12 bits per heavy atom. The lowest BCUT2D eigenvalue weighted by molar-refractivity contribution is -0.118. The smallest absolute Gasteiger partial charge is 0.229 e. The number of aryl methyl sites for hydroxylation is 1. The number of carbonyl (C=O) groups excluding carboxylic acids is 1. The quantitative estimate of drug-likeness (QED) is 0.516. The molecule has 3 rings (SSSR count).